The smallest absolute Gasteiger partial charge is 0.243 e. The molecule has 2 aromatic rings. The molecule has 0 radical (unpaired) electrons. The van der Waals surface area contributed by atoms with Crippen molar-refractivity contribution < 1.29 is 17.6 Å². The molecule has 1 heterocycles. The van der Waals surface area contributed by atoms with Gasteiger partial charge in [-0.15, -0.1) is 0 Å². The fraction of sp³-hybridized carbons (Fsp3) is 0.435. The van der Waals surface area contributed by atoms with Gasteiger partial charge in [0, 0.05) is 31.9 Å². The summed E-state index contributed by atoms with van der Waals surface area (Å²) in [5.41, 5.74) is 2.43. The third-order valence-electron chi connectivity index (χ3n) is 5.52. The van der Waals surface area contributed by atoms with Gasteiger partial charge in [0.1, 0.15) is 12.4 Å². The van der Waals surface area contributed by atoms with Crippen molar-refractivity contribution in [3.63, 3.8) is 0 Å². The van der Waals surface area contributed by atoms with Crippen LogP contribution in [0.1, 0.15) is 26.3 Å². The Morgan fingerprint density at radius 2 is 1.52 bits per heavy atom. The minimum Gasteiger partial charge on any atom is -0.368 e. The zero-order valence-corrected chi connectivity index (χ0v) is 19.3. The van der Waals surface area contributed by atoms with Gasteiger partial charge in [-0.25, -0.2) is 12.8 Å². The van der Waals surface area contributed by atoms with Crippen LogP contribution in [0.2, 0.25) is 0 Å². The van der Waals surface area contributed by atoms with Crippen molar-refractivity contribution >= 4 is 27.3 Å². The standard InChI is InChI=1S/C23H30FN3O3S/c1-23(2,3)18-5-9-21(10-6-18)27(31(4,29)30)17-22(28)26-15-13-25(14-16-26)20-11-7-19(24)8-12-20/h5-12H,13-17H2,1-4H3. The number of nitrogens with zero attached hydrogens (tertiary/aromatic N) is 3. The van der Waals surface area contributed by atoms with E-state index < -0.39 is 10.0 Å². The van der Waals surface area contributed by atoms with Crippen molar-refractivity contribution in [3.8, 4) is 0 Å². The number of anilines is 2. The summed E-state index contributed by atoms with van der Waals surface area (Å²) >= 11 is 0. The summed E-state index contributed by atoms with van der Waals surface area (Å²) in [6, 6.07) is 13.6. The van der Waals surface area contributed by atoms with E-state index in [-0.39, 0.29) is 23.7 Å². The van der Waals surface area contributed by atoms with Crippen molar-refractivity contribution in [2.75, 3.05) is 48.2 Å². The number of amides is 1. The van der Waals surface area contributed by atoms with E-state index in [0.29, 0.717) is 31.9 Å². The van der Waals surface area contributed by atoms with E-state index in [2.05, 4.69) is 25.7 Å². The zero-order chi connectivity index (χ0) is 22.8. The number of hydrogen-bond acceptors (Lipinski definition) is 4. The molecule has 168 valence electrons. The summed E-state index contributed by atoms with van der Waals surface area (Å²) in [7, 11) is -3.62. The fourth-order valence-corrected chi connectivity index (χ4v) is 4.47. The van der Waals surface area contributed by atoms with Gasteiger partial charge in [-0.1, -0.05) is 32.9 Å². The molecule has 0 aliphatic carbocycles. The molecule has 0 saturated carbocycles. The van der Waals surface area contributed by atoms with Gasteiger partial charge in [0.15, 0.2) is 0 Å². The Kier molecular flexibility index (Phi) is 6.59. The lowest BCUT2D eigenvalue weighted by atomic mass is 9.87. The quantitative estimate of drug-likeness (QED) is 0.706. The lowest BCUT2D eigenvalue weighted by Crippen LogP contribution is -2.52. The van der Waals surface area contributed by atoms with Crippen LogP contribution in [0.25, 0.3) is 0 Å². The summed E-state index contributed by atoms with van der Waals surface area (Å²) in [5.74, 6) is -0.516. The van der Waals surface area contributed by atoms with Gasteiger partial charge in [0.2, 0.25) is 15.9 Å². The first kappa shape index (κ1) is 23.1. The van der Waals surface area contributed by atoms with E-state index in [1.807, 2.05) is 12.1 Å². The van der Waals surface area contributed by atoms with Crippen LogP contribution in [0.4, 0.5) is 15.8 Å². The maximum atomic E-state index is 13.1. The van der Waals surface area contributed by atoms with E-state index in [4.69, 9.17) is 0 Å². The topological polar surface area (TPSA) is 60.9 Å². The SMILES string of the molecule is CC(C)(C)c1ccc(N(CC(=O)N2CCN(c3ccc(F)cc3)CC2)S(C)(=O)=O)cc1. The molecule has 1 saturated heterocycles. The van der Waals surface area contributed by atoms with Crippen LogP contribution in [-0.2, 0) is 20.2 Å². The summed E-state index contributed by atoms with van der Waals surface area (Å²) in [6.45, 7) is 8.22. The first-order valence-corrected chi connectivity index (χ1v) is 12.2. The van der Waals surface area contributed by atoms with Crippen LogP contribution in [0.3, 0.4) is 0 Å². The number of halogens is 1. The first-order valence-electron chi connectivity index (χ1n) is 10.3. The molecule has 0 unspecified atom stereocenters. The highest BCUT2D eigenvalue weighted by molar-refractivity contribution is 7.92. The molecular weight excluding hydrogens is 417 g/mol. The summed E-state index contributed by atoms with van der Waals surface area (Å²) in [6.07, 6.45) is 1.12. The summed E-state index contributed by atoms with van der Waals surface area (Å²) in [4.78, 5) is 16.7. The largest absolute Gasteiger partial charge is 0.368 e. The van der Waals surface area contributed by atoms with Gasteiger partial charge in [-0.05, 0) is 47.4 Å². The Morgan fingerprint density at radius 3 is 2.00 bits per heavy atom. The second kappa shape index (κ2) is 8.86. The van der Waals surface area contributed by atoms with Crippen LogP contribution in [0.15, 0.2) is 48.5 Å². The Morgan fingerprint density at radius 1 is 0.968 bits per heavy atom. The van der Waals surface area contributed by atoms with Crippen molar-refractivity contribution in [1.82, 2.24) is 4.90 Å². The average molecular weight is 448 g/mol. The average Bonchev–Trinajstić information content (AvgIpc) is 2.71. The molecular formula is C23H30FN3O3S. The Balaban J connectivity index is 1.67. The first-order chi connectivity index (χ1) is 14.4. The number of hydrogen-bond donors (Lipinski definition) is 0. The van der Waals surface area contributed by atoms with Gasteiger partial charge < -0.3 is 9.80 Å². The molecule has 8 heteroatoms. The molecule has 0 spiro atoms. The molecule has 0 bridgehead atoms. The van der Waals surface area contributed by atoms with Crippen LogP contribution in [0, 0.1) is 5.82 Å². The molecule has 0 atom stereocenters. The number of carbonyl (C=O) groups excluding carboxylic acids is 1. The van der Waals surface area contributed by atoms with Crippen LogP contribution < -0.4 is 9.21 Å². The van der Waals surface area contributed by atoms with Gasteiger partial charge >= 0.3 is 0 Å². The molecule has 1 amide bonds. The number of piperazine rings is 1. The van der Waals surface area contributed by atoms with Crippen molar-refractivity contribution in [2.45, 2.75) is 26.2 Å². The second-order valence-corrected chi connectivity index (χ2v) is 10.8. The van der Waals surface area contributed by atoms with Gasteiger partial charge in [-0.2, -0.15) is 0 Å². The molecule has 1 aliphatic rings. The third kappa shape index (κ3) is 5.76. The highest BCUT2D eigenvalue weighted by Gasteiger charge is 2.27. The van der Waals surface area contributed by atoms with E-state index in [9.17, 15) is 17.6 Å². The van der Waals surface area contributed by atoms with Crippen LogP contribution in [-0.4, -0.2) is 58.2 Å². The van der Waals surface area contributed by atoms with E-state index in [1.165, 1.54) is 12.1 Å². The molecule has 2 aromatic carbocycles. The highest BCUT2D eigenvalue weighted by Crippen LogP contribution is 2.26. The number of rotatable bonds is 5. The van der Waals surface area contributed by atoms with E-state index in [0.717, 1.165) is 21.8 Å². The van der Waals surface area contributed by atoms with Gasteiger partial charge in [-0.3, -0.25) is 9.10 Å². The molecule has 0 aromatic heterocycles. The summed E-state index contributed by atoms with van der Waals surface area (Å²) in [5, 5.41) is 0. The van der Waals surface area contributed by atoms with Crippen molar-refractivity contribution in [2.24, 2.45) is 0 Å². The van der Waals surface area contributed by atoms with Gasteiger partial charge in [0.05, 0.1) is 11.9 Å². The Bertz CT molecular complexity index is 1010. The van der Waals surface area contributed by atoms with Gasteiger partial charge in [0.25, 0.3) is 0 Å². The monoisotopic (exact) mass is 447 g/mol. The Labute approximate surface area is 184 Å². The maximum absolute atomic E-state index is 13.1. The third-order valence-corrected chi connectivity index (χ3v) is 6.67. The predicted molar refractivity (Wildman–Crippen MR) is 123 cm³/mol. The minimum atomic E-state index is -3.62. The van der Waals surface area contributed by atoms with Crippen molar-refractivity contribution in [3.05, 3.63) is 59.9 Å². The normalized spacial score (nSPS) is 15.1. The highest BCUT2D eigenvalue weighted by atomic mass is 32.2. The minimum absolute atomic E-state index is 0.0472. The van der Waals surface area contributed by atoms with E-state index >= 15 is 0 Å². The van der Waals surface area contributed by atoms with Crippen molar-refractivity contribution in [1.29, 1.82) is 0 Å². The maximum Gasteiger partial charge on any atom is 0.243 e. The Hall–Kier alpha value is -2.61. The molecule has 6 nitrogen and oxygen atoms in total. The number of benzene rings is 2. The second-order valence-electron chi connectivity index (χ2n) is 8.91. The fourth-order valence-electron chi connectivity index (χ4n) is 3.62. The van der Waals surface area contributed by atoms with Crippen LogP contribution >= 0.6 is 0 Å². The molecule has 3 rings (SSSR count). The lowest BCUT2D eigenvalue weighted by Gasteiger charge is -2.37. The molecule has 31 heavy (non-hydrogen) atoms. The lowest BCUT2D eigenvalue weighted by molar-refractivity contribution is -0.129. The number of sulfonamides is 1. The molecule has 1 aliphatic heterocycles. The zero-order valence-electron chi connectivity index (χ0n) is 18.5. The van der Waals surface area contributed by atoms with E-state index in [1.54, 1.807) is 29.2 Å². The summed E-state index contributed by atoms with van der Waals surface area (Å²) < 4.78 is 39.1. The number of carbonyl (C=O) groups is 1. The predicted octanol–water partition coefficient (Wildman–Crippen LogP) is 3.24. The van der Waals surface area contributed by atoms with Crippen LogP contribution in [0.5, 0.6) is 0 Å². The molecule has 0 N–H and O–H groups in total. The molecule has 1 fully saturated rings.